The maximum atomic E-state index is 13.2. The summed E-state index contributed by atoms with van der Waals surface area (Å²) in [6.07, 6.45) is 1.69. The smallest absolute Gasteiger partial charge is 0.240 e. The molecule has 9 heteroatoms. The zero-order valence-corrected chi connectivity index (χ0v) is 20.3. The van der Waals surface area contributed by atoms with Gasteiger partial charge in [0.05, 0.1) is 28.9 Å². The van der Waals surface area contributed by atoms with Crippen molar-refractivity contribution in [3.63, 3.8) is 0 Å². The van der Waals surface area contributed by atoms with Crippen molar-refractivity contribution >= 4 is 40.7 Å². The highest BCUT2D eigenvalue weighted by molar-refractivity contribution is 8.00. The van der Waals surface area contributed by atoms with Crippen LogP contribution in [0.3, 0.4) is 0 Å². The van der Waals surface area contributed by atoms with E-state index < -0.39 is 0 Å². The minimum Gasteiger partial charge on any atom is -0.349 e. The minimum absolute atomic E-state index is 0.00953. The van der Waals surface area contributed by atoms with Gasteiger partial charge in [-0.15, -0.1) is 11.8 Å². The number of aryl methyl sites for hydroxylation is 1. The van der Waals surface area contributed by atoms with Gasteiger partial charge < -0.3 is 5.32 Å². The van der Waals surface area contributed by atoms with Crippen molar-refractivity contribution in [2.24, 2.45) is 7.05 Å². The fourth-order valence-electron chi connectivity index (χ4n) is 3.82. The van der Waals surface area contributed by atoms with Crippen molar-refractivity contribution in [2.75, 3.05) is 17.2 Å². The van der Waals surface area contributed by atoms with E-state index in [1.807, 2.05) is 25.2 Å². The Hall–Kier alpha value is -2.65. The summed E-state index contributed by atoms with van der Waals surface area (Å²) in [6, 6.07) is 7.67. The highest BCUT2D eigenvalue weighted by Gasteiger charge is 2.38. The molecule has 7 nitrogen and oxygen atoms in total. The van der Waals surface area contributed by atoms with Gasteiger partial charge in [0, 0.05) is 24.2 Å². The quantitative estimate of drug-likeness (QED) is 0.617. The average Bonchev–Trinajstić information content (AvgIpc) is 3.37. The van der Waals surface area contributed by atoms with Crippen LogP contribution in [0.5, 0.6) is 0 Å². The monoisotopic (exact) mass is 469 g/mol. The second-order valence-corrected chi connectivity index (χ2v) is 10.7. The van der Waals surface area contributed by atoms with Gasteiger partial charge in [0.15, 0.2) is 0 Å². The first-order valence-electron chi connectivity index (χ1n) is 10.4. The summed E-state index contributed by atoms with van der Waals surface area (Å²) < 4.78 is 1.76. The number of nitrogens with zero attached hydrogens (tertiary/aromatic N) is 4. The second-order valence-electron chi connectivity index (χ2n) is 8.78. The molecule has 1 atom stereocenters. The molecule has 1 unspecified atom stereocenters. The van der Waals surface area contributed by atoms with Gasteiger partial charge in [0.1, 0.15) is 12.4 Å². The molecule has 0 radical (unpaired) electrons. The molecule has 168 valence electrons. The molecule has 0 bridgehead atoms. The Labute approximate surface area is 196 Å². The first-order valence-corrected chi connectivity index (χ1v) is 12.4. The molecular weight excluding hydrogens is 442 g/mol. The van der Waals surface area contributed by atoms with Crippen LogP contribution >= 0.6 is 23.1 Å². The molecule has 4 heterocycles. The van der Waals surface area contributed by atoms with Gasteiger partial charge in [0.25, 0.3) is 0 Å². The first-order chi connectivity index (χ1) is 15.3. The maximum Gasteiger partial charge on any atom is 0.240 e. The first kappa shape index (κ1) is 22.5. The number of amides is 2. The Balaban J connectivity index is 1.68. The van der Waals surface area contributed by atoms with Crippen LogP contribution in [0.4, 0.5) is 5.82 Å². The summed E-state index contributed by atoms with van der Waals surface area (Å²) in [4.78, 5) is 31.8. The number of anilines is 1. The molecule has 3 aromatic heterocycles. The number of nitrogens with one attached hydrogen (secondary N) is 1. The van der Waals surface area contributed by atoms with E-state index in [-0.39, 0.29) is 29.0 Å². The summed E-state index contributed by atoms with van der Waals surface area (Å²) in [5.41, 5.74) is 3.70. The van der Waals surface area contributed by atoms with Crippen molar-refractivity contribution < 1.29 is 9.59 Å². The third-order valence-electron chi connectivity index (χ3n) is 5.30. The molecule has 32 heavy (non-hydrogen) atoms. The van der Waals surface area contributed by atoms with E-state index in [1.165, 1.54) is 0 Å². The lowest BCUT2D eigenvalue weighted by atomic mass is 9.87. The van der Waals surface area contributed by atoms with Crippen LogP contribution in [0.15, 0.2) is 41.2 Å². The summed E-state index contributed by atoms with van der Waals surface area (Å²) in [5, 5.41) is 11.9. The minimum atomic E-state index is -0.229. The van der Waals surface area contributed by atoms with Gasteiger partial charge in [-0.3, -0.25) is 24.2 Å². The number of fused-ring (bicyclic) bond motifs is 1. The van der Waals surface area contributed by atoms with E-state index in [0.717, 1.165) is 22.5 Å². The van der Waals surface area contributed by atoms with Crippen LogP contribution in [0.2, 0.25) is 0 Å². The SMILES string of the molecule is Cn1nc(C(C)(C)C)c2c1N(CC(=O)NCc1ccccn1)C(=O)CSC2c1ccsc1. The number of thiophene rings is 1. The lowest BCUT2D eigenvalue weighted by Crippen LogP contribution is -2.42. The molecule has 0 saturated heterocycles. The summed E-state index contributed by atoms with van der Waals surface area (Å²) >= 11 is 3.24. The van der Waals surface area contributed by atoms with Crippen molar-refractivity contribution in [1.29, 1.82) is 0 Å². The highest BCUT2D eigenvalue weighted by atomic mass is 32.2. The van der Waals surface area contributed by atoms with E-state index in [1.54, 1.807) is 38.9 Å². The molecule has 1 aliphatic rings. The van der Waals surface area contributed by atoms with Crippen LogP contribution in [-0.4, -0.2) is 38.9 Å². The lowest BCUT2D eigenvalue weighted by Gasteiger charge is -2.23. The molecule has 1 aliphatic heterocycles. The predicted octanol–water partition coefficient (Wildman–Crippen LogP) is 3.66. The third-order valence-corrected chi connectivity index (χ3v) is 7.25. The molecule has 3 aromatic rings. The second kappa shape index (κ2) is 9.07. The Kier molecular flexibility index (Phi) is 6.39. The molecular formula is C23H27N5O2S2. The topological polar surface area (TPSA) is 80.1 Å². The maximum absolute atomic E-state index is 13.2. The van der Waals surface area contributed by atoms with Crippen LogP contribution in [0.25, 0.3) is 0 Å². The third kappa shape index (κ3) is 4.59. The number of hydrogen-bond donors (Lipinski definition) is 1. The van der Waals surface area contributed by atoms with Gasteiger partial charge in [-0.25, -0.2) is 0 Å². The largest absolute Gasteiger partial charge is 0.349 e. The predicted molar refractivity (Wildman–Crippen MR) is 129 cm³/mol. The molecule has 2 amide bonds. The number of pyridine rings is 1. The van der Waals surface area contributed by atoms with E-state index in [0.29, 0.717) is 18.1 Å². The molecule has 0 aliphatic carbocycles. The van der Waals surface area contributed by atoms with E-state index in [9.17, 15) is 9.59 Å². The van der Waals surface area contributed by atoms with Gasteiger partial charge in [-0.2, -0.15) is 16.4 Å². The van der Waals surface area contributed by atoms with Crippen LogP contribution in [-0.2, 0) is 28.6 Å². The molecule has 1 N–H and O–H groups in total. The van der Waals surface area contributed by atoms with Crippen molar-refractivity contribution in [3.05, 3.63) is 63.7 Å². The number of hydrogen-bond acceptors (Lipinski definition) is 6. The summed E-state index contributed by atoms with van der Waals surface area (Å²) in [7, 11) is 1.85. The fourth-order valence-corrected chi connectivity index (χ4v) is 5.78. The Morgan fingerprint density at radius 1 is 1.28 bits per heavy atom. The fraction of sp³-hybridized carbons (Fsp3) is 0.391. The van der Waals surface area contributed by atoms with E-state index >= 15 is 0 Å². The van der Waals surface area contributed by atoms with Crippen LogP contribution in [0, 0.1) is 0 Å². The zero-order chi connectivity index (χ0) is 22.9. The van der Waals surface area contributed by atoms with Crippen LogP contribution in [0.1, 0.15) is 48.5 Å². The average molecular weight is 470 g/mol. The Morgan fingerprint density at radius 3 is 2.75 bits per heavy atom. The number of aromatic nitrogens is 3. The standard InChI is InChI=1S/C23H27N5O2S2/c1-23(2,3)21-19-20(15-8-10-31-13-15)32-14-18(30)28(22(19)27(4)26-21)12-17(29)25-11-16-7-5-6-9-24-16/h5-10,13,20H,11-12,14H2,1-4H3,(H,25,29). The zero-order valence-electron chi connectivity index (χ0n) is 18.7. The molecule has 0 aromatic carbocycles. The number of rotatable bonds is 5. The van der Waals surface area contributed by atoms with Gasteiger partial charge >= 0.3 is 0 Å². The molecule has 0 fully saturated rings. The van der Waals surface area contributed by atoms with Crippen LogP contribution < -0.4 is 10.2 Å². The lowest BCUT2D eigenvalue weighted by molar-refractivity contribution is -0.123. The Bertz CT molecular complexity index is 1100. The van der Waals surface area contributed by atoms with E-state index in [2.05, 4.69) is 47.9 Å². The molecule has 0 spiro atoms. The van der Waals surface area contributed by atoms with Crippen molar-refractivity contribution in [3.8, 4) is 0 Å². The molecule has 4 rings (SSSR count). The summed E-state index contributed by atoms with van der Waals surface area (Å²) in [6.45, 7) is 6.64. The normalized spacial score (nSPS) is 16.6. The highest BCUT2D eigenvalue weighted by Crippen LogP contribution is 2.47. The number of thioether (sulfide) groups is 1. The van der Waals surface area contributed by atoms with Crippen molar-refractivity contribution in [2.45, 2.75) is 38.0 Å². The van der Waals surface area contributed by atoms with Gasteiger partial charge in [-0.05, 0) is 34.5 Å². The van der Waals surface area contributed by atoms with Gasteiger partial charge in [0.2, 0.25) is 11.8 Å². The van der Waals surface area contributed by atoms with E-state index in [4.69, 9.17) is 5.10 Å². The number of carbonyl (C=O) groups is 2. The van der Waals surface area contributed by atoms with Crippen molar-refractivity contribution in [1.82, 2.24) is 20.1 Å². The number of carbonyl (C=O) groups excluding carboxylic acids is 2. The Morgan fingerprint density at radius 2 is 2.09 bits per heavy atom. The summed E-state index contributed by atoms with van der Waals surface area (Å²) in [5.74, 6) is 0.679. The van der Waals surface area contributed by atoms with Gasteiger partial charge in [-0.1, -0.05) is 26.8 Å². The molecule has 0 saturated carbocycles.